The van der Waals surface area contributed by atoms with Gasteiger partial charge in [-0.2, -0.15) is 0 Å². The molecule has 1 fully saturated rings. The summed E-state index contributed by atoms with van der Waals surface area (Å²) in [5, 5.41) is 4.53. The molecule has 1 aromatic rings. The van der Waals surface area contributed by atoms with Gasteiger partial charge in [0, 0.05) is 10.6 Å². The maximum Gasteiger partial charge on any atom is 0.0603 e. The highest BCUT2D eigenvalue weighted by atomic mass is 35.5. The number of hydrogen-bond acceptors (Lipinski definition) is 2. The standard InChI is InChI=1S/C10H11Cl2NS/c11-9-2-1-8(3-10(9)12)14-6-7-4-13-5-7/h1-3,7,13H,4-6H2. The number of rotatable bonds is 3. The normalized spacial score (nSPS) is 16.7. The highest BCUT2D eigenvalue weighted by Gasteiger charge is 2.16. The smallest absolute Gasteiger partial charge is 0.0603 e. The zero-order valence-corrected chi connectivity index (χ0v) is 9.92. The predicted molar refractivity (Wildman–Crippen MR) is 63.5 cm³/mol. The van der Waals surface area contributed by atoms with Crippen molar-refractivity contribution in [1.82, 2.24) is 5.32 Å². The molecule has 1 aliphatic rings. The first kappa shape index (κ1) is 10.6. The summed E-state index contributed by atoms with van der Waals surface area (Å²) in [6.07, 6.45) is 0. The fourth-order valence-corrected chi connectivity index (χ4v) is 2.64. The van der Waals surface area contributed by atoms with E-state index in [1.807, 2.05) is 30.0 Å². The van der Waals surface area contributed by atoms with Gasteiger partial charge < -0.3 is 5.32 Å². The molecular weight excluding hydrogens is 237 g/mol. The lowest BCUT2D eigenvalue weighted by molar-refractivity contribution is 0.385. The number of nitrogens with one attached hydrogen (secondary N) is 1. The minimum absolute atomic E-state index is 0.626. The molecule has 76 valence electrons. The van der Waals surface area contributed by atoms with Gasteiger partial charge >= 0.3 is 0 Å². The Labute approximate surface area is 98.2 Å². The molecule has 1 aliphatic heterocycles. The lowest BCUT2D eigenvalue weighted by atomic mass is 10.1. The third-order valence-electron chi connectivity index (χ3n) is 2.24. The summed E-state index contributed by atoms with van der Waals surface area (Å²) in [6.45, 7) is 2.29. The van der Waals surface area contributed by atoms with Gasteiger partial charge in [0.2, 0.25) is 0 Å². The SMILES string of the molecule is Clc1ccc(SCC2CNC2)cc1Cl. The Morgan fingerprint density at radius 2 is 2.07 bits per heavy atom. The van der Waals surface area contributed by atoms with Gasteiger partial charge in [0.1, 0.15) is 0 Å². The summed E-state index contributed by atoms with van der Waals surface area (Å²) < 4.78 is 0. The second kappa shape index (κ2) is 4.75. The largest absolute Gasteiger partial charge is 0.316 e. The molecule has 1 N–H and O–H groups in total. The van der Waals surface area contributed by atoms with E-state index in [1.54, 1.807) is 0 Å². The van der Waals surface area contributed by atoms with E-state index in [-0.39, 0.29) is 0 Å². The molecule has 1 aromatic carbocycles. The van der Waals surface area contributed by atoms with Gasteiger partial charge in [-0.15, -0.1) is 11.8 Å². The number of hydrogen-bond donors (Lipinski definition) is 1. The van der Waals surface area contributed by atoms with E-state index in [0.29, 0.717) is 10.0 Å². The fourth-order valence-electron chi connectivity index (χ4n) is 1.25. The summed E-state index contributed by atoms with van der Waals surface area (Å²) in [4.78, 5) is 1.20. The van der Waals surface area contributed by atoms with Crippen LogP contribution in [0.4, 0.5) is 0 Å². The van der Waals surface area contributed by atoms with E-state index in [0.717, 1.165) is 24.8 Å². The zero-order chi connectivity index (χ0) is 9.97. The first-order valence-corrected chi connectivity index (χ1v) is 6.28. The third-order valence-corrected chi connectivity index (χ3v) is 4.21. The Morgan fingerprint density at radius 3 is 2.64 bits per heavy atom. The average molecular weight is 248 g/mol. The summed E-state index contributed by atoms with van der Waals surface area (Å²) in [6, 6.07) is 5.80. The zero-order valence-electron chi connectivity index (χ0n) is 7.59. The maximum atomic E-state index is 5.92. The van der Waals surface area contributed by atoms with Crippen LogP contribution in [0.3, 0.4) is 0 Å². The maximum absolute atomic E-state index is 5.92. The van der Waals surface area contributed by atoms with Crippen molar-refractivity contribution in [2.45, 2.75) is 4.90 Å². The van der Waals surface area contributed by atoms with Gasteiger partial charge in [0.15, 0.2) is 0 Å². The molecule has 1 heterocycles. The number of thioether (sulfide) groups is 1. The molecule has 0 unspecified atom stereocenters. The van der Waals surface area contributed by atoms with Crippen LogP contribution in [0.15, 0.2) is 23.1 Å². The molecule has 4 heteroatoms. The second-order valence-corrected chi connectivity index (χ2v) is 5.32. The minimum atomic E-state index is 0.626. The van der Waals surface area contributed by atoms with Crippen molar-refractivity contribution < 1.29 is 0 Å². The Morgan fingerprint density at radius 1 is 1.29 bits per heavy atom. The number of benzene rings is 1. The molecule has 0 atom stereocenters. The van der Waals surface area contributed by atoms with Crippen LogP contribution in [0.25, 0.3) is 0 Å². The van der Waals surface area contributed by atoms with Gasteiger partial charge in [-0.05, 0) is 37.2 Å². The van der Waals surface area contributed by atoms with E-state index in [9.17, 15) is 0 Å². The van der Waals surface area contributed by atoms with Crippen LogP contribution < -0.4 is 5.32 Å². The molecule has 1 nitrogen and oxygen atoms in total. The fraction of sp³-hybridized carbons (Fsp3) is 0.400. The summed E-state index contributed by atoms with van der Waals surface area (Å²) in [5.41, 5.74) is 0. The molecule has 1 saturated heterocycles. The Bertz CT molecular complexity index is 326. The van der Waals surface area contributed by atoms with Crippen LogP contribution in [0.2, 0.25) is 10.0 Å². The van der Waals surface area contributed by atoms with Crippen LogP contribution in [0, 0.1) is 5.92 Å². The average Bonchev–Trinajstić information content (AvgIpc) is 2.08. The van der Waals surface area contributed by atoms with Gasteiger partial charge in [-0.3, -0.25) is 0 Å². The Kier molecular flexibility index (Phi) is 3.61. The summed E-state index contributed by atoms with van der Waals surface area (Å²) >= 11 is 13.6. The van der Waals surface area contributed by atoms with Crippen molar-refractivity contribution in [3.8, 4) is 0 Å². The van der Waals surface area contributed by atoms with Gasteiger partial charge in [-0.1, -0.05) is 23.2 Å². The van der Waals surface area contributed by atoms with Crippen LogP contribution >= 0.6 is 35.0 Å². The Balaban J connectivity index is 1.91. The topological polar surface area (TPSA) is 12.0 Å². The first-order valence-electron chi connectivity index (χ1n) is 4.54. The quantitative estimate of drug-likeness (QED) is 0.823. The predicted octanol–water partition coefficient (Wildman–Crippen LogP) is 3.30. The van der Waals surface area contributed by atoms with Gasteiger partial charge in [-0.25, -0.2) is 0 Å². The Hall–Kier alpha value is 0.110. The second-order valence-electron chi connectivity index (χ2n) is 3.41. The summed E-state index contributed by atoms with van der Waals surface area (Å²) in [7, 11) is 0. The molecular formula is C10H11Cl2NS. The van der Waals surface area contributed by atoms with E-state index in [4.69, 9.17) is 23.2 Å². The van der Waals surface area contributed by atoms with Gasteiger partial charge in [0.05, 0.1) is 10.0 Å². The minimum Gasteiger partial charge on any atom is -0.316 e. The van der Waals surface area contributed by atoms with Crippen LogP contribution in [0.1, 0.15) is 0 Å². The van der Waals surface area contributed by atoms with E-state index < -0.39 is 0 Å². The third kappa shape index (κ3) is 2.57. The summed E-state index contributed by atoms with van der Waals surface area (Å²) in [5.74, 6) is 1.97. The molecule has 0 bridgehead atoms. The van der Waals surface area contributed by atoms with Crippen molar-refractivity contribution in [2.75, 3.05) is 18.8 Å². The van der Waals surface area contributed by atoms with Crippen molar-refractivity contribution in [1.29, 1.82) is 0 Å². The molecule has 0 aromatic heterocycles. The molecule has 2 rings (SSSR count). The molecule has 0 spiro atoms. The van der Waals surface area contributed by atoms with Crippen molar-refractivity contribution in [3.63, 3.8) is 0 Å². The van der Waals surface area contributed by atoms with Crippen molar-refractivity contribution >= 4 is 35.0 Å². The van der Waals surface area contributed by atoms with E-state index >= 15 is 0 Å². The first-order chi connectivity index (χ1) is 6.75. The molecule has 0 radical (unpaired) electrons. The highest BCUT2D eigenvalue weighted by Crippen LogP contribution is 2.29. The van der Waals surface area contributed by atoms with E-state index in [2.05, 4.69) is 5.32 Å². The highest BCUT2D eigenvalue weighted by molar-refractivity contribution is 7.99. The number of halogens is 2. The van der Waals surface area contributed by atoms with Crippen molar-refractivity contribution in [2.24, 2.45) is 5.92 Å². The molecule has 0 aliphatic carbocycles. The lowest BCUT2D eigenvalue weighted by Gasteiger charge is -2.26. The monoisotopic (exact) mass is 247 g/mol. The van der Waals surface area contributed by atoms with Crippen LogP contribution in [-0.4, -0.2) is 18.8 Å². The van der Waals surface area contributed by atoms with Crippen LogP contribution in [0.5, 0.6) is 0 Å². The van der Waals surface area contributed by atoms with E-state index in [1.165, 1.54) is 4.90 Å². The van der Waals surface area contributed by atoms with Crippen molar-refractivity contribution in [3.05, 3.63) is 28.2 Å². The van der Waals surface area contributed by atoms with Crippen LogP contribution in [-0.2, 0) is 0 Å². The van der Waals surface area contributed by atoms with Gasteiger partial charge in [0.25, 0.3) is 0 Å². The molecule has 0 saturated carbocycles. The lowest BCUT2D eigenvalue weighted by Crippen LogP contribution is -2.43. The molecule has 14 heavy (non-hydrogen) atoms. The molecule has 0 amide bonds.